The Morgan fingerprint density at radius 1 is 0.800 bits per heavy atom. The molecule has 2 nitrogen and oxygen atoms in total. The van der Waals surface area contributed by atoms with Crippen molar-refractivity contribution in [2.75, 3.05) is 26.2 Å². The quantitative estimate of drug-likeness (QED) is 0.355. The lowest BCUT2D eigenvalue weighted by atomic mass is 9.95. The summed E-state index contributed by atoms with van der Waals surface area (Å²) in [5.74, 6) is 0.548. The van der Waals surface area contributed by atoms with E-state index in [9.17, 15) is 4.39 Å². The molecule has 3 rings (SSSR count). The predicted octanol–water partition coefficient (Wildman–Crippen LogP) is 6.70. The van der Waals surface area contributed by atoms with E-state index in [0.717, 1.165) is 47.6 Å². The lowest BCUT2D eigenvalue weighted by molar-refractivity contribution is 0.223. The Morgan fingerprint density at radius 2 is 1.37 bits per heavy atom. The first-order chi connectivity index (χ1) is 14.6. The third-order valence-electron chi connectivity index (χ3n) is 5.09. The summed E-state index contributed by atoms with van der Waals surface area (Å²) >= 11 is 6.80. The van der Waals surface area contributed by atoms with Crippen LogP contribution in [0.15, 0.2) is 78.9 Å². The number of likely N-dealkylation sites (N-methyl/N-ethyl adjacent to an activating group) is 1. The van der Waals surface area contributed by atoms with Gasteiger partial charge in [-0.05, 0) is 54.0 Å². The van der Waals surface area contributed by atoms with Crippen LogP contribution in [-0.2, 0) is 0 Å². The van der Waals surface area contributed by atoms with Crippen LogP contribution in [0.25, 0.3) is 10.6 Å². The van der Waals surface area contributed by atoms with E-state index in [1.54, 1.807) is 12.1 Å². The minimum absolute atomic E-state index is 0.282. The van der Waals surface area contributed by atoms with Crippen molar-refractivity contribution in [3.8, 4) is 5.75 Å². The Hall–Kier alpha value is -2.62. The third kappa shape index (κ3) is 5.71. The van der Waals surface area contributed by atoms with Gasteiger partial charge in [-0.2, -0.15) is 0 Å². The number of benzene rings is 3. The van der Waals surface area contributed by atoms with Gasteiger partial charge in [-0.15, -0.1) is 0 Å². The monoisotopic (exact) mass is 423 g/mol. The molecule has 0 aliphatic rings. The number of hydrogen-bond donors (Lipinski definition) is 0. The highest BCUT2D eigenvalue weighted by Crippen LogP contribution is 2.35. The minimum Gasteiger partial charge on any atom is -0.492 e. The van der Waals surface area contributed by atoms with Crippen molar-refractivity contribution in [1.29, 1.82) is 0 Å². The highest BCUT2D eigenvalue weighted by molar-refractivity contribution is 6.53. The molecule has 0 heterocycles. The van der Waals surface area contributed by atoms with Crippen molar-refractivity contribution in [2.24, 2.45) is 0 Å². The normalized spacial score (nSPS) is 12.0. The molecular weight excluding hydrogens is 397 g/mol. The van der Waals surface area contributed by atoms with Crippen LogP contribution >= 0.6 is 11.6 Å². The standard InChI is InChI=1S/C26H27ClFNO/c1-3-29(4-2)18-19-30-24-16-12-21(13-17-24)25(20-8-6-5-7-9-20)26(27)22-10-14-23(28)15-11-22/h5-17H,3-4,18-19H2,1-2H3/b26-25+. The molecule has 30 heavy (non-hydrogen) atoms. The van der Waals surface area contributed by atoms with Gasteiger partial charge in [0, 0.05) is 12.1 Å². The van der Waals surface area contributed by atoms with E-state index in [1.165, 1.54) is 12.1 Å². The van der Waals surface area contributed by atoms with Gasteiger partial charge < -0.3 is 9.64 Å². The number of ether oxygens (including phenoxy) is 1. The summed E-state index contributed by atoms with van der Waals surface area (Å²) in [6.07, 6.45) is 0. The second-order valence-corrected chi connectivity index (χ2v) is 7.34. The second-order valence-electron chi connectivity index (χ2n) is 6.96. The molecule has 0 radical (unpaired) electrons. The van der Waals surface area contributed by atoms with Crippen molar-refractivity contribution in [1.82, 2.24) is 4.90 Å². The average Bonchev–Trinajstić information content (AvgIpc) is 2.79. The van der Waals surface area contributed by atoms with Crippen LogP contribution in [0.1, 0.15) is 30.5 Å². The summed E-state index contributed by atoms with van der Waals surface area (Å²) in [5, 5.41) is 0.580. The third-order valence-corrected chi connectivity index (χ3v) is 5.50. The van der Waals surface area contributed by atoms with Gasteiger partial charge in [0.1, 0.15) is 18.2 Å². The van der Waals surface area contributed by atoms with Crippen molar-refractivity contribution >= 4 is 22.2 Å². The van der Waals surface area contributed by atoms with Crippen LogP contribution in [-0.4, -0.2) is 31.1 Å². The summed E-state index contributed by atoms with van der Waals surface area (Å²) < 4.78 is 19.3. The highest BCUT2D eigenvalue weighted by atomic mass is 35.5. The van der Waals surface area contributed by atoms with Crippen LogP contribution < -0.4 is 4.74 Å². The van der Waals surface area contributed by atoms with Crippen LogP contribution in [0.4, 0.5) is 4.39 Å². The Kier molecular flexibility index (Phi) is 8.06. The Morgan fingerprint density at radius 3 is 1.97 bits per heavy atom. The molecule has 0 atom stereocenters. The van der Waals surface area contributed by atoms with Crippen molar-refractivity contribution < 1.29 is 9.13 Å². The molecule has 0 aromatic heterocycles. The lowest BCUT2D eigenvalue weighted by Gasteiger charge is -2.18. The number of rotatable bonds is 9. The first-order valence-electron chi connectivity index (χ1n) is 10.3. The van der Waals surface area contributed by atoms with Gasteiger partial charge in [-0.3, -0.25) is 0 Å². The highest BCUT2D eigenvalue weighted by Gasteiger charge is 2.13. The number of nitrogens with zero attached hydrogens (tertiary/aromatic N) is 1. The second kappa shape index (κ2) is 11.0. The number of hydrogen-bond acceptors (Lipinski definition) is 2. The SMILES string of the molecule is CCN(CC)CCOc1ccc(/C(=C(/Cl)c2ccc(F)cc2)c2ccccc2)cc1. The van der Waals surface area contributed by atoms with Gasteiger partial charge in [-0.1, -0.05) is 80.0 Å². The van der Waals surface area contributed by atoms with E-state index < -0.39 is 0 Å². The molecule has 0 N–H and O–H groups in total. The zero-order valence-electron chi connectivity index (χ0n) is 17.4. The molecule has 4 heteroatoms. The number of halogens is 2. The fourth-order valence-electron chi connectivity index (χ4n) is 3.32. The average molecular weight is 424 g/mol. The summed E-state index contributed by atoms with van der Waals surface area (Å²) in [6.45, 7) is 7.90. The molecule has 0 saturated carbocycles. The van der Waals surface area contributed by atoms with Crippen LogP contribution in [0.5, 0.6) is 5.75 Å². The first-order valence-corrected chi connectivity index (χ1v) is 10.7. The van der Waals surface area contributed by atoms with E-state index in [-0.39, 0.29) is 5.82 Å². The van der Waals surface area contributed by atoms with E-state index in [1.807, 2.05) is 54.6 Å². The largest absolute Gasteiger partial charge is 0.492 e. The van der Waals surface area contributed by atoms with Crippen LogP contribution in [0.3, 0.4) is 0 Å². The van der Waals surface area contributed by atoms with E-state index in [4.69, 9.17) is 16.3 Å². The van der Waals surface area contributed by atoms with Crippen LogP contribution in [0, 0.1) is 5.82 Å². The molecule has 0 aliphatic heterocycles. The summed E-state index contributed by atoms with van der Waals surface area (Å²) in [5.41, 5.74) is 3.66. The fourth-order valence-corrected chi connectivity index (χ4v) is 3.66. The molecule has 156 valence electrons. The van der Waals surface area contributed by atoms with Gasteiger partial charge in [0.2, 0.25) is 0 Å². The predicted molar refractivity (Wildman–Crippen MR) is 124 cm³/mol. The molecule has 0 amide bonds. The van der Waals surface area contributed by atoms with E-state index in [2.05, 4.69) is 18.7 Å². The molecule has 0 bridgehead atoms. The van der Waals surface area contributed by atoms with E-state index in [0.29, 0.717) is 11.6 Å². The molecular formula is C26H27ClFNO. The zero-order chi connectivity index (χ0) is 21.3. The molecule has 0 fully saturated rings. The van der Waals surface area contributed by atoms with Gasteiger partial charge in [0.05, 0.1) is 5.03 Å². The van der Waals surface area contributed by atoms with Gasteiger partial charge in [0.25, 0.3) is 0 Å². The van der Waals surface area contributed by atoms with Gasteiger partial charge in [0.15, 0.2) is 0 Å². The van der Waals surface area contributed by atoms with Gasteiger partial charge >= 0.3 is 0 Å². The summed E-state index contributed by atoms with van der Waals surface area (Å²) in [7, 11) is 0. The lowest BCUT2D eigenvalue weighted by Crippen LogP contribution is -2.27. The fraction of sp³-hybridized carbons (Fsp3) is 0.231. The maximum absolute atomic E-state index is 13.4. The molecule has 0 aliphatic carbocycles. The van der Waals surface area contributed by atoms with Crippen molar-refractivity contribution in [3.63, 3.8) is 0 Å². The first kappa shape index (κ1) is 22.1. The topological polar surface area (TPSA) is 12.5 Å². The minimum atomic E-state index is -0.282. The summed E-state index contributed by atoms with van der Waals surface area (Å²) in [4.78, 5) is 2.33. The Labute approximate surface area is 183 Å². The molecule has 0 saturated heterocycles. The maximum Gasteiger partial charge on any atom is 0.123 e. The van der Waals surface area contributed by atoms with Crippen molar-refractivity contribution in [2.45, 2.75) is 13.8 Å². The Balaban J connectivity index is 1.88. The molecule has 0 spiro atoms. The molecule has 3 aromatic carbocycles. The Bertz CT molecular complexity index is 949. The van der Waals surface area contributed by atoms with E-state index >= 15 is 0 Å². The summed E-state index contributed by atoms with van der Waals surface area (Å²) in [6, 6.07) is 24.2. The molecule has 3 aromatic rings. The van der Waals surface area contributed by atoms with Crippen molar-refractivity contribution in [3.05, 3.63) is 101 Å². The van der Waals surface area contributed by atoms with Gasteiger partial charge in [-0.25, -0.2) is 4.39 Å². The zero-order valence-corrected chi connectivity index (χ0v) is 18.2. The maximum atomic E-state index is 13.4. The van der Waals surface area contributed by atoms with Crippen LogP contribution in [0.2, 0.25) is 0 Å². The smallest absolute Gasteiger partial charge is 0.123 e. The molecule has 0 unspecified atom stereocenters.